The van der Waals surface area contributed by atoms with E-state index in [2.05, 4.69) is 46.3 Å². The van der Waals surface area contributed by atoms with E-state index in [4.69, 9.17) is 4.74 Å². The van der Waals surface area contributed by atoms with Gasteiger partial charge in [-0.25, -0.2) is 0 Å². The number of benzene rings is 2. The number of piperazine rings is 1. The van der Waals surface area contributed by atoms with E-state index < -0.39 is 6.10 Å². The van der Waals surface area contributed by atoms with Crippen molar-refractivity contribution in [2.75, 3.05) is 49.5 Å². The molecular weight excluding hydrogens is 366 g/mol. The Morgan fingerprint density at radius 2 is 1.86 bits per heavy atom. The highest BCUT2D eigenvalue weighted by Gasteiger charge is 2.21. The smallest absolute Gasteiger partial charge is 0.228 e. The molecule has 0 aromatic heterocycles. The lowest BCUT2D eigenvalue weighted by atomic mass is 10.1. The van der Waals surface area contributed by atoms with Crippen molar-refractivity contribution in [3.8, 4) is 5.75 Å². The SMILES string of the molecule is CCc1ccc(N2CCN(CC(O)COc3ccc4c(c3)CC(=O)N4)CC2)cc1. The molecule has 0 radical (unpaired) electrons. The number of aliphatic hydroxyl groups is 1. The van der Waals surface area contributed by atoms with Gasteiger partial charge in [-0.05, 0) is 47.9 Å². The molecule has 1 fully saturated rings. The Morgan fingerprint density at radius 1 is 1.10 bits per heavy atom. The van der Waals surface area contributed by atoms with E-state index in [-0.39, 0.29) is 12.5 Å². The number of carbonyl (C=O) groups excluding carboxylic acids is 1. The fourth-order valence-corrected chi connectivity index (χ4v) is 3.97. The van der Waals surface area contributed by atoms with Crippen LogP contribution in [0.15, 0.2) is 42.5 Å². The minimum atomic E-state index is -0.543. The molecule has 1 unspecified atom stereocenters. The quantitative estimate of drug-likeness (QED) is 0.753. The van der Waals surface area contributed by atoms with Gasteiger partial charge in [-0.2, -0.15) is 0 Å². The van der Waals surface area contributed by atoms with Gasteiger partial charge in [-0.1, -0.05) is 19.1 Å². The molecule has 4 rings (SSSR count). The molecule has 29 heavy (non-hydrogen) atoms. The summed E-state index contributed by atoms with van der Waals surface area (Å²) in [5.74, 6) is 0.706. The Kier molecular flexibility index (Phi) is 6.02. The molecule has 2 aliphatic rings. The lowest BCUT2D eigenvalue weighted by Gasteiger charge is -2.37. The van der Waals surface area contributed by atoms with Crippen LogP contribution in [0.2, 0.25) is 0 Å². The van der Waals surface area contributed by atoms with Crippen molar-refractivity contribution >= 4 is 17.3 Å². The van der Waals surface area contributed by atoms with Crippen LogP contribution in [-0.2, 0) is 17.6 Å². The topological polar surface area (TPSA) is 65.0 Å². The second-order valence-electron chi connectivity index (χ2n) is 7.82. The summed E-state index contributed by atoms with van der Waals surface area (Å²) < 4.78 is 5.76. The molecule has 2 aromatic carbocycles. The molecule has 1 saturated heterocycles. The summed E-state index contributed by atoms with van der Waals surface area (Å²) in [4.78, 5) is 16.1. The zero-order valence-electron chi connectivity index (χ0n) is 16.9. The van der Waals surface area contributed by atoms with Crippen LogP contribution in [0.4, 0.5) is 11.4 Å². The van der Waals surface area contributed by atoms with Crippen LogP contribution >= 0.6 is 0 Å². The van der Waals surface area contributed by atoms with Crippen molar-refractivity contribution in [1.82, 2.24) is 4.90 Å². The second-order valence-corrected chi connectivity index (χ2v) is 7.82. The summed E-state index contributed by atoms with van der Waals surface area (Å²) in [6, 6.07) is 14.4. The number of fused-ring (bicyclic) bond motifs is 1. The fourth-order valence-electron chi connectivity index (χ4n) is 3.97. The van der Waals surface area contributed by atoms with E-state index in [0.717, 1.165) is 43.9 Å². The van der Waals surface area contributed by atoms with Gasteiger partial charge < -0.3 is 20.1 Å². The van der Waals surface area contributed by atoms with Gasteiger partial charge >= 0.3 is 0 Å². The summed E-state index contributed by atoms with van der Waals surface area (Å²) in [7, 11) is 0. The molecule has 2 heterocycles. The van der Waals surface area contributed by atoms with Crippen molar-refractivity contribution in [1.29, 1.82) is 0 Å². The number of aryl methyl sites for hydroxylation is 1. The van der Waals surface area contributed by atoms with Crippen LogP contribution in [0, 0.1) is 0 Å². The number of nitrogens with zero attached hydrogens (tertiary/aromatic N) is 2. The van der Waals surface area contributed by atoms with E-state index in [0.29, 0.717) is 18.7 Å². The lowest BCUT2D eigenvalue weighted by Crippen LogP contribution is -2.49. The van der Waals surface area contributed by atoms with E-state index in [1.807, 2.05) is 18.2 Å². The maximum atomic E-state index is 11.4. The summed E-state index contributed by atoms with van der Waals surface area (Å²) in [5, 5.41) is 13.2. The normalized spacial score (nSPS) is 17.7. The first-order valence-corrected chi connectivity index (χ1v) is 10.4. The van der Waals surface area contributed by atoms with Gasteiger partial charge in [0.15, 0.2) is 0 Å². The van der Waals surface area contributed by atoms with Gasteiger partial charge in [-0.3, -0.25) is 9.69 Å². The number of aliphatic hydroxyl groups excluding tert-OH is 1. The number of anilines is 2. The molecule has 6 heteroatoms. The van der Waals surface area contributed by atoms with Gasteiger partial charge in [0, 0.05) is 44.1 Å². The molecular formula is C23H29N3O3. The standard InChI is InChI=1S/C23H29N3O3/c1-2-17-3-5-19(6-4-17)26-11-9-25(10-12-26)15-20(27)16-29-21-7-8-22-18(13-21)14-23(28)24-22/h3-8,13,20,27H,2,9-12,14-16H2,1H3,(H,24,28). The maximum absolute atomic E-state index is 11.4. The van der Waals surface area contributed by atoms with Crippen molar-refractivity contribution < 1.29 is 14.6 Å². The molecule has 1 amide bonds. The molecule has 0 spiro atoms. The third-order valence-electron chi connectivity index (χ3n) is 5.70. The first kappa shape index (κ1) is 19.7. The van der Waals surface area contributed by atoms with Crippen LogP contribution in [0.1, 0.15) is 18.1 Å². The van der Waals surface area contributed by atoms with Crippen LogP contribution in [0.3, 0.4) is 0 Å². The predicted octanol–water partition coefficient (Wildman–Crippen LogP) is 2.31. The van der Waals surface area contributed by atoms with Crippen LogP contribution < -0.4 is 15.0 Å². The largest absolute Gasteiger partial charge is 0.491 e. The van der Waals surface area contributed by atoms with Crippen LogP contribution in [0.25, 0.3) is 0 Å². The summed E-state index contributed by atoms with van der Waals surface area (Å²) in [6.45, 7) is 6.81. The minimum absolute atomic E-state index is 0.0117. The zero-order chi connectivity index (χ0) is 20.2. The van der Waals surface area contributed by atoms with E-state index in [1.54, 1.807) is 0 Å². The summed E-state index contributed by atoms with van der Waals surface area (Å²) >= 11 is 0. The first-order valence-electron chi connectivity index (χ1n) is 10.4. The lowest BCUT2D eigenvalue weighted by molar-refractivity contribution is -0.115. The number of β-amino-alcohol motifs (C(OH)–C–C–N with tert-alkyl or cyclic N) is 1. The number of hydrogen-bond acceptors (Lipinski definition) is 5. The number of hydrogen-bond donors (Lipinski definition) is 2. The van der Waals surface area contributed by atoms with Gasteiger partial charge in [-0.15, -0.1) is 0 Å². The minimum Gasteiger partial charge on any atom is -0.491 e. The zero-order valence-corrected chi connectivity index (χ0v) is 16.9. The summed E-state index contributed by atoms with van der Waals surface area (Å²) in [5.41, 5.74) is 4.44. The van der Waals surface area contributed by atoms with Gasteiger partial charge in [0.25, 0.3) is 0 Å². The molecule has 0 saturated carbocycles. The monoisotopic (exact) mass is 395 g/mol. The molecule has 154 valence electrons. The van der Waals surface area contributed by atoms with Crippen LogP contribution in [0.5, 0.6) is 5.75 Å². The molecule has 6 nitrogen and oxygen atoms in total. The molecule has 2 aliphatic heterocycles. The molecule has 0 bridgehead atoms. The van der Waals surface area contributed by atoms with Gasteiger partial charge in [0.1, 0.15) is 18.5 Å². The Hall–Kier alpha value is -2.57. The number of rotatable bonds is 7. The van der Waals surface area contributed by atoms with E-state index in [1.165, 1.54) is 11.3 Å². The summed E-state index contributed by atoms with van der Waals surface area (Å²) in [6.07, 6.45) is 0.910. The predicted molar refractivity (Wildman–Crippen MR) is 115 cm³/mol. The van der Waals surface area contributed by atoms with Crippen molar-refractivity contribution in [2.45, 2.75) is 25.9 Å². The molecule has 0 aliphatic carbocycles. The third-order valence-corrected chi connectivity index (χ3v) is 5.70. The second kappa shape index (κ2) is 8.84. The Labute approximate surface area is 172 Å². The van der Waals surface area contributed by atoms with Gasteiger partial charge in [0.2, 0.25) is 5.91 Å². The molecule has 2 aromatic rings. The highest BCUT2D eigenvalue weighted by Crippen LogP contribution is 2.27. The Bertz CT molecular complexity index is 845. The van der Waals surface area contributed by atoms with Gasteiger partial charge in [0.05, 0.1) is 6.42 Å². The average molecular weight is 396 g/mol. The number of amides is 1. The highest BCUT2D eigenvalue weighted by molar-refractivity contribution is 5.99. The molecule has 2 N–H and O–H groups in total. The Balaban J connectivity index is 1.21. The number of nitrogens with one attached hydrogen (secondary N) is 1. The molecule has 1 atom stereocenters. The number of ether oxygens (including phenoxy) is 1. The average Bonchev–Trinajstić information content (AvgIpc) is 3.12. The van der Waals surface area contributed by atoms with E-state index in [9.17, 15) is 9.90 Å². The first-order chi connectivity index (χ1) is 14.1. The fraction of sp³-hybridized carbons (Fsp3) is 0.435. The number of carbonyl (C=O) groups is 1. The maximum Gasteiger partial charge on any atom is 0.228 e. The van der Waals surface area contributed by atoms with Crippen molar-refractivity contribution in [2.24, 2.45) is 0 Å². The Morgan fingerprint density at radius 3 is 2.59 bits per heavy atom. The van der Waals surface area contributed by atoms with E-state index >= 15 is 0 Å². The van der Waals surface area contributed by atoms with Crippen LogP contribution in [-0.4, -0.2) is 61.3 Å². The van der Waals surface area contributed by atoms with Crippen molar-refractivity contribution in [3.05, 3.63) is 53.6 Å². The highest BCUT2D eigenvalue weighted by atomic mass is 16.5. The third kappa shape index (κ3) is 4.89. The van der Waals surface area contributed by atoms with Crippen molar-refractivity contribution in [3.63, 3.8) is 0 Å².